The quantitative estimate of drug-likeness (QED) is 0.391. The van der Waals surface area contributed by atoms with E-state index in [1.807, 2.05) is 18.2 Å². The summed E-state index contributed by atoms with van der Waals surface area (Å²) < 4.78 is 19.8. The van der Waals surface area contributed by atoms with Gasteiger partial charge in [-0.25, -0.2) is 4.39 Å². The molecule has 0 radical (unpaired) electrons. The van der Waals surface area contributed by atoms with Gasteiger partial charge in [-0.2, -0.15) is 0 Å². The summed E-state index contributed by atoms with van der Waals surface area (Å²) in [6, 6.07) is 17.4. The molecule has 6 heteroatoms. The number of halogens is 1. The Morgan fingerprint density at radius 3 is 2.66 bits per heavy atom. The molecule has 4 rings (SSSR count). The minimum atomic E-state index is -0.719. The first-order valence-electron chi connectivity index (χ1n) is 10.6. The Balaban J connectivity index is 1.40. The number of hydrogen-bond donors (Lipinski definition) is 2. The number of ketones is 1. The van der Waals surface area contributed by atoms with Gasteiger partial charge in [0.25, 0.3) is 5.91 Å². The van der Waals surface area contributed by atoms with Crippen LogP contribution >= 0.6 is 0 Å². The standard InChI is InChI=1S/C26H24FNO4/c1-16(29)22-14-20(27)15-23(25(22)30)28-26(31)18-10-11-24-19(12-18)13-21(32-24)9-5-8-17-6-3-2-4-7-17/h2-4,6-7,10-12,14-15,21,30H,5,8-9,13H2,1H3,(H,28,31). The van der Waals surface area contributed by atoms with Crippen LogP contribution in [-0.2, 0) is 12.8 Å². The Labute approximate surface area is 185 Å². The van der Waals surface area contributed by atoms with E-state index in [1.54, 1.807) is 18.2 Å². The summed E-state index contributed by atoms with van der Waals surface area (Å²) in [4.78, 5) is 24.3. The van der Waals surface area contributed by atoms with Gasteiger partial charge in [-0.1, -0.05) is 30.3 Å². The number of anilines is 1. The normalized spacial score (nSPS) is 14.5. The van der Waals surface area contributed by atoms with Crippen molar-refractivity contribution in [2.75, 3.05) is 5.32 Å². The SMILES string of the molecule is CC(=O)c1cc(F)cc(NC(=O)c2ccc3c(c2)CC(CCCc2ccccc2)O3)c1O. The molecule has 164 valence electrons. The van der Waals surface area contributed by atoms with Crippen molar-refractivity contribution in [1.82, 2.24) is 0 Å². The number of amides is 1. The number of aryl methyl sites for hydroxylation is 1. The lowest BCUT2D eigenvalue weighted by molar-refractivity contribution is 0.100. The molecule has 32 heavy (non-hydrogen) atoms. The van der Waals surface area contributed by atoms with Crippen LogP contribution in [0.5, 0.6) is 11.5 Å². The van der Waals surface area contributed by atoms with E-state index in [2.05, 4.69) is 17.4 Å². The number of fused-ring (bicyclic) bond motifs is 1. The third-order valence-electron chi connectivity index (χ3n) is 5.60. The van der Waals surface area contributed by atoms with Gasteiger partial charge < -0.3 is 15.2 Å². The second-order valence-corrected chi connectivity index (χ2v) is 8.00. The molecule has 0 spiro atoms. The number of nitrogens with one attached hydrogen (secondary N) is 1. The van der Waals surface area contributed by atoms with Crippen molar-refractivity contribution in [2.45, 2.75) is 38.7 Å². The van der Waals surface area contributed by atoms with Crippen LogP contribution in [0.4, 0.5) is 10.1 Å². The molecule has 0 fully saturated rings. The Hall–Kier alpha value is -3.67. The van der Waals surface area contributed by atoms with Gasteiger partial charge >= 0.3 is 0 Å². The highest BCUT2D eigenvalue weighted by molar-refractivity contribution is 6.07. The maximum absolute atomic E-state index is 13.8. The monoisotopic (exact) mass is 433 g/mol. The Morgan fingerprint density at radius 2 is 1.91 bits per heavy atom. The third kappa shape index (κ3) is 4.80. The van der Waals surface area contributed by atoms with Crippen molar-refractivity contribution in [3.63, 3.8) is 0 Å². The molecule has 0 saturated carbocycles. The summed E-state index contributed by atoms with van der Waals surface area (Å²) in [5.74, 6) is -1.40. The second kappa shape index (κ2) is 9.22. The molecule has 0 aliphatic carbocycles. The highest BCUT2D eigenvalue weighted by Gasteiger charge is 2.24. The largest absolute Gasteiger partial charge is 0.505 e. The maximum Gasteiger partial charge on any atom is 0.255 e. The van der Waals surface area contributed by atoms with Crippen LogP contribution in [0.15, 0.2) is 60.7 Å². The number of benzene rings is 3. The number of ether oxygens (including phenoxy) is 1. The van der Waals surface area contributed by atoms with Gasteiger partial charge in [0.05, 0.1) is 11.3 Å². The van der Waals surface area contributed by atoms with Gasteiger partial charge in [-0.05, 0) is 61.6 Å². The Bertz CT molecular complexity index is 1160. The molecule has 1 aliphatic rings. The summed E-state index contributed by atoms with van der Waals surface area (Å²) in [6.45, 7) is 1.22. The fourth-order valence-corrected chi connectivity index (χ4v) is 3.96. The zero-order valence-corrected chi connectivity index (χ0v) is 17.7. The summed E-state index contributed by atoms with van der Waals surface area (Å²) in [5, 5.41) is 12.7. The van der Waals surface area contributed by atoms with Crippen LogP contribution in [-0.4, -0.2) is 22.9 Å². The number of rotatable bonds is 7. The van der Waals surface area contributed by atoms with Crippen LogP contribution in [0.3, 0.4) is 0 Å². The topological polar surface area (TPSA) is 75.6 Å². The minimum absolute atomic E-state index is 0.0670. The molecular formula is C26H24FNO4. The van der Waals surface area contributed by atoms with Crippen molar-refractivity contribution >= 4 is 17.4 Å². The summed E-state index contributed by atoms with van der Waals surface area (Å²) in [5.41, 5.74) is 2.29. The van der Waals surface area contributed by atoms with E-state index in [0.717, 1.165) is 42.7 Å². The van der Waals surface area contributed by atoms with E-state index in [1.165, 1.54) is 12.5 Å². The van der Waals surface area contributed by atoms with E-state index in [0.29, 0.717) is 12.0 Å². The maximum atomic E-state index is 13.8. The molecule has 2 N–H and O–H groups in total. The molecule has 1 amide bonds. The lowest BCUT2D eigenvalue weighted by Gasteiger charge is -2.11. The van der Waals surface area contributed by atoms with Crippen LogP contribution in [0.1, 0.15) is 51.6 Å². The molecule has 0 bridgehead atoms. The van der Waals surface area contributed by atoms with Crippen LogP contribution < -0.4 is 10.1 Å². The van der Waals surface area contributed by atoms with Crippen molar-refractivity contribution < 1.29 is 23.8 Å². The fraction of sp³-hybridized carbons (Fsp3) is 0.231. The van der Waals surface area contributed by atoms with Gasteiger partial charge in [-0.3, -0.25) is 9.59 Å². The highest BCUT2D eigenvalue weighted by Crippen LogP contribution is 2.33. The van der Waals surface area contributed by atoms with Crippen LogP contribution in [0.25, 0.3) is 0 Å². The molecule has 1 aliphatic heterocycles. The number of hydrogen-bond acceptors (Lipinski definition) is 4. The van der Waals surface area contributed by atoms with Crippen molar-refractivity contribution in [1.29, 1.82) is 0 Å². The second-order valence-electron chi connectivity index (χ2n) is 8.00. The summed E-state index contributed by atoms with van der Waals surface area (Å²) >= 11 is 0. The smallest absolute Gasteiger partial charge is 0.255 e. The Morgan fingerprint density at radius 1 is 1.12 bits per heavy atom. The van der Waals surface area contributed by atoms with E-state index in [-0.39, 0.29) is 17.4 Å². The summed E-state index contributed by atoms with van der Waals surface area (Å²) in [6.07, 6.45) is 3.69. The molecule has 3 aromatic rings. The number of Topliss-reactive ketones (excluding diaryl/α,β-unsaturated/α-hetero) is 1. The zero-order chi connectivity index (χ0) is 22.7. The molecule has 0 saturated heterocycles. The number of phenols is 1. The average Bonchev–Trinajstić information content (AvgIpc) is 3.18. The highest BCUT2D eigenvalue weighted by atomic mass is 19.1. The number of phenolic OH excluding ortho intramolecular Hbond substituents is 1. The molecule has 3 aromatic carbocycles. The first-order chi connectivity index (χ1) is 15.4. The molecule has 0 aromatic heterocycles. The predicted molar refractivity (Wildman–Crippen MR) is 120 cm³/mol. The lowest BCUT2D eigenvalue weighted by atomic mass is 10.0. The van der Waals surface area contributed by atoms with Crippen molar-refractivity contribution in [3.8, 4) is 11.5 Å². The van der Waals surface area contributed by atoms with Crippen LogP contribution in [0.2, 0.25) is 0 Å². The minimum Gasteiger partial charge on any atom is -0.505 e. The first-order valence-corrected chi connectivity index (χ1v) is 10.6. The molecule has 1 unspecified atom stereocenters. The van der Waals surface area contributed by atoms with Crippen molar-refractivity contribution in [2.24, 2.45) is 0 Å². The fourth-order valence-electron chi connectivity index (χ4n) is 3.96. The summed E-state index contributed by atoms with van der Waals surface area (Å²) in [7, 11) is 0. The van der Waals surface area contributed by atoms with Gasteiger partial charge in [0.15, 0.2) is 5.78 Å². The Kier molecular flexibility index (Phi) is 6.21. The van der Waals surface area contributed by atoms with E-state index < -0.39 is 23.3 Å². The van der Waals surface area contributed by atoms with Gasteiger partial charge in [-0.15, -0.1) is 0 Å². The predicted octanol–water partition coefficient (Wildman–Crippen LogP) is 5.31. The number of aromatic hydroxyl groups is 1. The molecule has 1 atom stereocenters. The average molecular weight is 433 g/mol. The van der Waals surface area contributed by atoms with E-state index in [4.69, 9.17) is 4.74 Å². The number of carbonyl (C=O) groups excluding carboxylic acids is 2. The van der Waals surface area contributed by atoms with Gasteiger partial charge in [0.1, 0.15) is 23.4 Å². The van der Waals surface area contributed by atoms with E-state index in [9.17, 15) is 19.1 Å². The lowest BCUT2D eigenvalue weighted by Crippen LogP contribution is -2.13. The molecular weight excluding hydrogens is 409 g/mol. The van der Waals surface area contributed by atoms with Gasteiger partial charge in [0.2, 0.25) is 0 Å². The van der Waals surface area contributed by atoms with Crippen LogP contribution in [0, 0.1) is 5.82 Å². The van der Waals surface area contributed by atoms with Gasteiger partial charge in [0, 0.05) is 18.1 Å². The van der Waals surface area contributed by atoms with E-state index >= 15 is 0 Å². The molecule has 5 nitrogen and oxygen atoms in total. The number of carbonyl (C=O) groups is 2. The molecule has 1 heterocycles. The van der Waals surface area contributed by atoms with Crippen molar-refractivity contribution in [3.05, 3.63) is 88.7 Å². The zero-order valence-electron chi connectivity index (χ0n) is 17.7. The third-order valence-corrected chi connectivity index (χ3v) is 5.60. The first kappa shape index (κ1) is 21.6.